The zero-order valence-electron chi connectivity index (χ0n) is 15.8. The van der Waals surface area contributed by atoms with Crippen LogP contribution in [0.2, 0.25) is 0 Å². The molecular formula is C22H26O5. The number of carbonyl (C=O) groups is 3. The zero-order chi connectivity index (χ0) is 19.4. The molecular weight excluding hydrogens is 344 g/mol. The molecule has 7 unspecified atom stereocenters. The Hall–Kier alpha value is -1.59. The van der Waals surface area contributed by atoms with E-state index in [-0.39, 0.29) is 46.4 Å². The third-order valence-corrected chi connectivity index (χ3v) is 9.00. The van der Waals surface area contributed by atoms with E-state index < -0.39 is 23.5 Å². The van der Waals surface area contributed by atoms with E-state index in [1.54, 1.807) is 12.2 Å². The van der Waals surface area contributed by atoms with Crippen LogP contribution in [0.15, 0.2) is 23.8 Å². The first-order chi connectivity index (χ1) is 12.7. The first-order valence-electron chi connectivity index (χ1n) is 10.0. The number of rotatable bonds is 2. The van der Waals surface area contributed by atoms with Gasteiger partial charge in [-0.05, 0) is 55.1 Å². The van der Waals surface area contributed by atoms with Crippen LogP contribution in [-0.4, -0.2) is 40.3 Å². The molecule has 0 bridgehead atoms. The fourth-order valence-electron chi connectivity index (χ4n) is 7.92. The quantitative estimate of drug-likeness (QED) is 0.721. The van der Waals surface area contributed by atoms with Crippen LogP contribution in [0.1, 0.15) is 39.5 Å². The molecule has 0 aromatic carbocycles. The maximum atomic E-state index is 12.6. The van der Waals surface area contributed by atoms with Crippen molar-refractivity contribution in [1.82, 2.24) is 0 Å². The standard InChI is InChI=1S/C22H26O5/c1-20-6-5-12(24)7-11(20)3-4-13-14-8-15-19(27)22(15,17(26)10-23)21(14,2)9-16(25)18(13)20/h5-7,13-16,18,23,25H,3-4,8-10H2,1-2H3/t13-,14?,15?,16?,18?,20?,21?,22?/m0/s1. The van der Waals surface area contributed by atoms with Crippen molar-refractivity contribution in [3.05, 3.63) is 23.8 Å². The summed E-state index contributed by atoms with van der Waals surface area (Å²) in [6, 6.07) is 0. The topological polar surface area (TPSA) is 91.7 Å². The molecule has 4 fully saturated rings. The molecule has 144 valence electrons. The highest BCUT2D eigenvalue weighted by Crippen LogP contribution is 2.78. The summed E-state index contributed by atoms with van der Waals surface area (Å²) in [5.41, 5.74) is -0.906. The average Bonchev–Trinajstić information content (AvgIpc) is 3.11. The largest absolute Gasteiger partial charge is 0.393 e. The smallest absolute Gasteiger partial charge is 0.178 e. The van der Waals surface area contributed by atoms with Crippen molar-refractivity contribution < 1.29 is 24.6 Å². The monoisotopic (exact) mass is 370 g/mol. The number of fused-ring (bicyclic) bond motifs is 7. The molecule has 0 amide bonds. The lowest BCUT2D eigenvalue weighted by Gasteiger charge is -2.59. The van der Waals surface area contributed by atoms with Crippen molar-refractivity contribution in [2.75, 3.05) is 6.61 Å². The Balaban J connectivity index is 1.58. The lowest BCUT2D eigenvalue weighted by Crippen LogP contribution is -2.58. The van der Waals surface area contributed by atoms with Crippen LogP contribution >= 0.6 is 0 Å². The molecule has 0 radical (unpaired) electrons. The Labute approximate surface area is 158 Å². The number of Topliss-reactive ketones (excluding diaryl/α,β-unsaturated/α-hetero) is 2. The fourth-order valence-corrected chi connectivity index (χ4v) is 7.92. The molecule has 0 aliphatic heterocycles. The van der Waals surface area contributed by atoms with Crippen molar-refractivity contribution in [2.45, 2.75) is 45.6 Å². The minimum Gasteiger partial charge on any atom is -0.393 e. The van der Waals surface area contributed by atoms with Crippen LogP contribution in [-0.2, 0) is 14.4 Å². The second-order valence-corrected chi connectivity index (χ2v) is 9.75. The van der Waals surface area contributed by atoms with Crippen LogP contribution in [0.25, 0.3) is 0 Å². The van der Waals surface area contributed by atoms with E-state index >= 15 is 0 Å². The van der Waals surface area contributed by atoms with Crippen molar-refractivity contribution in [3.63, 3.8) is 0 Å². The number of ketones is 3. The van der Waals surface area contributed by atoms with Gasteiger partial charge in [0.15, 0.2) is 17.3 Å². The van der Waals surface area contributed by atoms with Crippen LogP contribution < -0.4 is 0 Å². The molecule has 0 aromatic rings. The summed E-state index contributed by atoms with van der Waals surface area (Å²) >= 11 is 0. The molecule has 4 saturated carbocycles. The molecule has 0 aromatic heterocycles. The van der Waals surface area contributed by atoms with E-state index in [9.17, 15) is 24.6 Å². The second-order valence-electron chi connectivity index (χ2n) is 9.75. The third-order valence-electron chi connectivity index (χ3n) is 9.00. The van der Waals surface area contributed by atoms with Gasteiger partial charge in [0.1, 0.15) is 12.0 Å². The summed E-state index contributed by atoms with van der Waals surface area (Å²) in [4.78, 5) is 37.1. The molecule has 2 N–H and O–H groups in total. The summed E-state index contributed by atoms with van der Waals surface area (Å²) in [6.07, 6.45) is 7.43. The Kier molecular flexibility index (Phi) is 3.28. The fraction of sp³-hybridized carbons (Fsp3) is 0.682. The molecule has 5 nitrogen and oxygen atoms in total. The summed E-state index contributed by atoms with van der Waals surface area (Å²) in [6.45, 7) is 3.49. The summed E-state index contributed by atoms with van der Waals surface area (Å²) < 4.78 is 0. The molecule has 27 heavy (non-hydrogen) atoms. The Morgan fingerprint density at radius 3 is 2.74 bits per heavy atom. The highest BCUT2D eigenvalue weighted by molar-refractivity contribution is 6.23. The van der Waals surface area contributed by atoms with E-state index in [0.29, 0.717) is 12.8 Å². The molecule has 5 aliphatic rings. The van der Waals surface area contributed by atoms with Crippen LogP contribution in [0.3, 0.4) is 0 Å². The van der Waals surface area contributed by atoms with Crippen LogP contribution in [0, 0.1) is 39.9 Å². The molecule has 0 spiro atoms. The van der Waals surface area contributed by atoms with E-state index in [0.717, 1.165) is 18.4 Å². The second kappa shape index (κ2) is 5.06. The molecule has 5 heteroatoms. The molecule has 0 heterocycles. The first kappa shape index (κ1) is 17.5. The van der Waals surface area contributed by atoms with Crippen molar-refractivity contribution in [1.29, 1.82) is 0 Å². The maximum absolute atomic E-state index is 12.6. The highest BCUT2D eigenvalue weighted by atomic mass is 16.3. The SMILES string of the molecule is CC12C=CC(=O)C=C1CC[C@@H]1C2C(O)CC2(C)C1CC1C(=O)C12C(=O)CO. The lowest BCUT2D eigenvalue weighted by atomic mass is 9.45. The van der Waals surface area contributed by atoms with E-state index in [1.807, 2.05) is 13.0 Å². The molecule has 8 atom stereocenters. The Morgan fingerprint density at radius 1 is 1.30 bits per heavy atom. The number of allylic oxidation sites excluding steroid dienone is 4. The number of aliphatic hydroxyl groups is 2. The van der Waals surface area contributed by atoms with Gasteiger partial charge in [-0.15, -0.1) is 0 Å². The Morgan fingerprint density at radius 2 is 2.04 bits per heavy atom. The Bertz CT molecular complexity index is 840. The summed E-state index contributed by atoms with van der Waals surface area (Å²) in [5.74, 6) is -0.275. The van der Waals surface area contributed by atoms with Gasteiger partial charge < -0.3 is 10.2 Å². The van der Waals surface area contributed by atoms with Gasteiger partial charge in [-0.2, -0.15) is 0 Å². The van der Waals surface area contributed by atoms with Gasteiger partial charge in [0.2, 0.25) is 0 Å². The normalized spacial score (nSPS) is 52.4. The number of aliphatic hydroxyl groups excluding tert-OH is 2. The van der Waals surface area contributed by atoms with Gasteiger partial charge in [0.25, 0.3) is 0 Å². The highest BCUT2D eigenvalue weighted by Gasteiger charge is 2.84. The zero-order valence-corrected chi connectivity index (χ0v) is 15.8. The van der Waals surface area contributed by atoms with Crippen LogP contribution in [0.5, 0.6) is 0 Å². The minimum atomic E-state index is -1.08. The van der Waals surface area contributed by atoms with Crippen LogP contribution in [0.4, 0.5) is 0 Å². The van der Waals surface area contributed by atoms with Gasteiger partial charge in [-0.1, -0.05) is 25.5 Å². The predicted octanol–water partition coefficient (Wildman–Crippen LogP) is 1.62. The molecule has 5 rings (SSSR count). The van der Waals surface area contributed by atoms with Gasteiger partial charge in [0.05, 0.1) is 6.10 Å². The first-order valence-corrected chi connectivity index (χ1v) is 10.0. The van der Waals surface area contributed by atoms with E-state index in [2.05, 4.69) is 6.92 Å². The average molecular weight is 370 g/mol. The van der Waals surface area contributed by atoms with Crippen molar-refractivity contribution in [3.8, 4) is 0 Å². The molecule has 0 saturated heterocycles. The summed E-state index contributed by atoms with van der Waals surface area (Å²) in [5, 5.41) is 20.8. The summed E-state index contributed by atoms with van der Waals surface area (Å²) in [7, 11) is 0. The van der Waals surface area contributed by atoms with Gasteiger partial charge in [-0.3, -0.25) is 14.4 Å². The predicted molar refractivity (Wildman–Crippen MR) is 96.4 cm³/mol. The van der Waals surface area contributed by atoms with E-state index in [1.165, 1.54) is 0 Å². The van der Waals surface area contributed by atoms with Gasteiger partial charge in [-0.25, -0.2) is 0 Å². The number of hydrogen-bond acceptors (Lipinski definition) is 5. The van der Waals surface area contributed by atoms with Gasteiger partial charge in [0, 0.05) is 17.3 Å². The maximum Gasteiger partial charge on any atom is 0.178 e. The lowest BCUT2D eigenvalue weighted by molar-refractivity contribution is -0.153. The minimum absolute atomic E-state index is 0.00574. The van der Waals surface area contributed by atoms with Crippen molar-refractivity contribution >= 4 is 17.3 Å². The number of carbonyl (C=O) groups excluding carboxylic acids is 3. The van der Waals surface area contributed by atoms with E-state index in [4.69, 9.17) is 0 Å². The third kappa shape index (κ3) is 1.76. The van der Waals surface area contributed by atoms with Crippen molar-refractivity contribution in [2.24, 2.45) is 39.9 Å². The number of hydrogen-bond donors (Lipinski definition) is 2. The van der Waals surface area contributed by atoms with Gasteiger partial charge >= 0.3 is 0 Å². The molecule has 5 aliphatic carbocycles.